The van der Waals surface area contributed by atoms with Gasteiger partial charge in [-0.3, -0.25) is 0 Å². The zero-order valence-corrected chi connectivity index (χ0v) is 17.6. The van der Waals surface area contributed by atoms with E-state index in [4.69, 9.17) is 9.47 Å². The van der Waals surface area contributed by atoms with Crippen molar-refractivity contribution in [3.8, 4) is 11.5 Å². The maximum absolute atomic E-state index is 13.3. The maximum Gasteiger partial charge on any atom is 0.243 e. The second kappa shape index (κ2) is 7.55. The highest BCUT2D eigenvalue weighted by Crippen LogP contribution is 2.34. The van der Waals surface area contributed by atoms with Crippen molar-refractivity contribution in [3.63, 3.8) is 0 Å². The largest absolute Gasteiger partial charge is 0.486 e. The predicted octanol–water partition coefficient (Wildman–Crippen LogP) is 2.61. The van der Waals surface area contributed by atoms with Gasteiger partial charge in [-0.25, -0.2) is 18.4 Å². The second-order valence-corrected chi connectivity index (χ2v) is 9.73. The zero-order valence-electron chi connectivity index (χ0n) is 16.8. The number of hydrogen-bond donors (Lipinski definition) is 0. The van der Waals surface area contributed by atoms with E-state index >= 15 is 0 Å². The lowest BCUT2D eigenvalue weighted by atomic mass is 9.99. The van der Waals surface area contributed by atoms with E-state index in [1.54, 1.807) is 28.7 Å². The van der Waals surface area contributed by atoms with Crippen LogP contribution in [0.3, 0.4) is 0 Å². The summed E-state index contributed by atoms with van der Waals surface area (Å²) in [6.07, 6.45) is 3.56. The predicted molar refractivity (Wildman–Crippen MR) is 111 cm³/mol. The quantitative estimate of drug-likeness (QED) is 0.635. The second-order valence-electron chi connectivity index (χ2n) is 7.79. The minimum atomic E-state index is -3.60. The summed E-state index contributed by atoms with van der Waals surface area (Å²) in [4.78, 5) is 9.29. The van der Waals surface area contributed by atoms with Crippen molar-refractivity contribution < 1.29 is 17.9 Å². The molecule has 0 N–H and O–H groups in total. The molecule has 0 bridgehead atoms. The molecular formula is C21H24N4O4S. The third-order valence-corrected chi connectivity index (χ3v) is 7.63. The third-order valence-electron chi connectivity index (χ3n) is 5.77. The molecule has 2 aliphatic rings. The van der Waals surface area contributed by atoms with Crippen LogP contribution in [0.25, 0.3) is 11.2 Å². The molecule has 0 aliphatic carbocycles. The summed E-state index contributed by atoms with van der Waals surface area (Å²) in [6, 6.07) is 8.68. The van der Waals surface area contributed by atoms with Crippen LogP contribution in [-0.2, 0) is 16.6 Å². The Labute approximate surface area is 175 Å². The van der Waals surface area contributed by atoms with E-state index < -0.39 is 10.0 Å². The number of benzene rings is 1. The van der Waals surface area contributed by atoms with Crippen LogP contribution in [0, 0.1) is 12.8 Å². The van der Waals surface area contributed by atoms with Gasteiger partial charge in [0.1, 0.15) is 24.6 Å². The number of aryl methyl sites for hydroxylation is 1. The highest BCUT2D eigenvalue weighted by molar-refractivity contribution is 7.89. The Morgan fingerprint density at radius 1 is 1.17 bits per heavy atom. The summed E-state index contributed by atoms with van der Waals surface area (Å²) in [6.45, 7) is 4.57. The first-order chi connectivity index (χ1) is 14.5. The lowest BCUT2D eigenvalue weighted by Crippen LogP contribution is -2.41. The van der Waals surface area contributed by atoms with Crippen LogP contribution in [-0.4, -0.2) is 53.6 Å². The Morgan fingerprint density at radius 2 is 2.00 bits per heavy atom. The lowest BCUT2D eigenvalue weighted by molar-refractivity contribution is 0.171. The van der Waals surface area contributed by atoms with Gasteiger partial charge in [0.15, 0.2) is 17.1 Å². The minimum Gasteiger partial charge on any atom is -0.486 e. The van der Waals surface area contributed by atoms with Crippen LogP contribution in [0.1, 0.15) is 18.7 Å². The third kappa shape index (κ3) is 3.41. The average Bonchev–Trinajstić information content (AvgIpc) is 3.08. The molecule has 30 heavy (non-hydrogen) atoms. The summed E-state index contributed by atoms with van der Waals surface area (Å²) in [5.41, 5.74) is 1.72. The smallest absolute Gasteiger partial charge is 0.243 e. The SMILES string of the molecule is Cc1nc2cccnc2n1CC1CCCN(S(=O)(=O)c2ccc3c(c2)OCCO3)C1. The molecule has 1 aromatic carbocycles. The van der Waals surface area contributed by atoms with E-state index in [-0.39, 0.29) is 10.8 Å². The number of fused-ring (bicyclic) bond motifs is 2. The van der Waals surface area contributed by atoms with Crippen molar-refractivity contribution in [2.24, 2.45) is 5.92 Å². The normalized spacial score (nSPS) is 19.8. The number of ether oxygens (including phenoxy) is 2. The van der Waals surface area contributed by atoms with Crippen molar-refractivity contribution in [1.82, 2.24) is 18.8 Å². The van der Waals surface area contributed by atoms with Gasteiger partial charge in [0.05, 0.1) is 4.90 Å². The fraction of sp³-hybridized carbons (Fsp3) is 0.429. The van der Waals surface area contributed by atoms with E-state index in [1.807, 2.05) is 19.1 Å². The van der Waals surface area contributed by atoms with Gasteiger partial charge < -0.3 is 14.0 Å². The Bertz CT molecular complexity index is 1190. The summed E-state index contributed by atoms with van der Waals surface area (Å²) in [7, 11) is -3.60. The molecule has 0 saturated carbocycles. The molecule has 1 unspecified atom stereocenters. The van der Waals surface area contributed by atoms with Gasteiger partial charge in [-0.2, -0.15) is 4.31 Å². The molecule has 1 fully saturated rings. The van der Waals surface area contributed by atoms with E-state index in [0.29, 0.717) is 44.3 Å². The van der Waals surface area contributed by atoms with Crippen molar-refractivity contribution in [2.75, 3.05) is 26.3 Å². The number of nitrogens with zero attached hydrogens (tertiary/aromatic N) is 4. The monoisotopic (exact) mass is 428 g/mol. The van der Waals surface area contributed by atoms with Gasteiger partial charge in [0.25, 0.3) is 0 Å². The molecular weight excluding hydrogens is 404 g/mol. The van der Waals surface area contributed by atoms with Crippen molar-refractivity contribution in [1.29, 1.82) is 0 Å². The summed E-state index contributed by atoms with van der Waals surface area (Å²) in [5, 5.41) is 0. The number of pyridine rings is 1. The highest BCUT2D eigenvalue weighted by atomic mass is 32.2. The molecule has 9 heteroatoms. The molecule has 0 amide bonds. The molecule has 2 aliphatic heterocycles. The van der Waals surface area contributed by atoms with Gasteiger partial charge >= 0.3 is 0 Å². The number of rotatable bonds is 4. The fourth-order valence-electron chi connectivity index (χ4n) is 4.28. The average molecular weight is 429 g/mol. The summed E-state index contributed by atoms with van der Waals surface area (Å²) >= 11 is 0. The van der Waals surface area contributed by atoms with Gasteiger partial charge in [-0.05, 0) is 49.9 Å². The van der Waals surface area contributed by atoms with E-state index in [2.05, 4.69) is 14.5 Å². The highest BCUT2D eigenvalue weighted by Gasteiger charge is 2.32. The van der Waals surface area contributed by atoms with Crippen LogP contribution in [0.15, 0.2) is 41.4 Å². The van der Waals surface area contributed by atoms with Crippen molar-refractivity contribution >= 4 is 21.2 Å². The molecule has 3 aromatic rings. The standard InChI is InChI=1S/C21H24N4O4S/c1-15-23-18-5-2-8-22-21(18)25(15)14-16-4-3-9-24(13-16)30(26,27)17-6-7-19-20(12-17)29-11-10-28-19/h2,5-8,12,16H,3-4,9-11,13-14H2,1H3. The van der Waals surface area contributed by atoms with Crippen LogP contribution in [0.4, 0.5) is 0 Å². The molecule has 5 rings (SSSR count). The molecule has 2 aromatic heterocycles. The molecule has 158 valence electrons. The molecule has 4 heterocycles. The van der Waals surface area contributed by atoms with Crippen LogP contribution in [0.2, 0.25) is 0 Å². The Kier molecular flexibility index (Phi) is 4.86. The van der Waals surface area contributed by atoms with E-state index in [1.165, 1.54) is 0 Å². The molecule has 1 saturated heterocycles. The summed E-state index contributed by atoms with van der Waals surface area (Å²) < 4.78 is 41.4. The molecule has 8 nitrogen and oxygen atoms in total. The van der Waals surface area contributed by atoms with Crippen molar-refractivity contribution in [3.05, 3.63) is 42.4 Å². The topological polar surface area (TPSA) is 86.6 Å². The number of piperidine rings is 1. The Hall–Kier alpha value is -2.65. The first-order valence-corrected chi connectivity index (χ1v) is 11.6. The zero-order chi connectivity index (χ0) is 20.7. The van der Waals surface area contributed by atoms with Gasteiger partial charge in [0.2, 0.25) is 10.0 Å². The molecule has 0 radical (unpaired) electrons. The first kappa shape index (κ1) is 19.3. The van der Waals surface area contributed by atoms with Crippen LogP contribution >= 0.6 is 0 Å². The summed E-state index contributed by atoms with van der Waals surface area (Å²) in [5.74, 6) is 2.17. The Balaban J connectivity index is 1.37. The van der Waals surface area contributed by atoms with Crippen molar-refractivity contribution in [2.45, 2.75) is 31.2 Å². The van der Waals surface area contributed by atoms with Crippen LogP contribution in [0.5, 0.6) is 11.5 Å². The number of hydrogen-bond acceptors (Lipinski definition) is 6. The van der Waals surface area contributed by atoms with E-state index in [9.17, 15) is 8.42 Å². The van der Waals surface area contributed by atoms with E-state index in [0.717, 1.165) is 29.8 Å². The number of sulfonamides is 1. The van der Waals surface area contributed by atoms with Gasteiger partial charge in [-0.15, -0.1) is 0 Å². The number of imidazole rings is 1. The van der Waals surface area contributed by atoms with Gasteiger partial charge in [-0.1, -0.05) is 0 Å². The van der Waals surface area contributed by atoms with Crippen LogP contribution < -0.4 is 9.47 Å². The minimum absolute atomic E-state index is 0.198. The lowest BCUT2D eigenvalue weighted by Gasteiger charge is -2.32. The molecule has 0 spiro atoms. The first-order valence-electron chi connectivity index (χ1n) is 10.2. The van der Waals surface area contributed by atoms with Gasteiger partial charge in [0, 0.05) is 31.9 Å². The molecule has 1 atom stereocenters. The number of aromatic nitrogens is 3. The fourth-order valence-corrected chi connectivity index (χ4v) is 5.85. The maximum atomic E-state index is 13.3. The Morgan fingerprint density at radius 3 is 2.87 bits per heavy atom.